The third-order valence-electron chi connectivity index (χ3n) is 4.39. The van der Waals surface area contributed by atoms with Crippen molar-refractivity contribution in [2.75, 3.05) is 6.54 Å². The topological polar surface area (TPSA) is 28.0 Å². The van der Waals surface area contributed by atoms with Crippen LogP contribution in [0, 0.1) is 5.92 Å². The molecule has 0 spiro atoms. The molecule has 0 radical (unpaired) electrons. The number of aliphatic imine (C=N–C) groups is 1. The van der Waals surface area contributed by atoms with Crippen LogP contribution in [0.4, 0.5) is 0 Å². The monoisotopic (exact) mass is 281 g/mol. The zero-order valence-electron chi connectivity index (χ0n) is 12.5. The van der Waals surface area contributed by atoms with Gasteiger partial charge in [0.1, 0.15) is 5.84 Å². The molecular formula is C18H23N3. The Labute approximate surface area is 127 Å². The van der Waals surface area contributed by atoms with Crippen molar-refractivity contribution >= 4 is 12.6 Å². The normalized spacial score (nSPS) is 24.1. The molecule has 0 N–H and O–H groups in total. The van der Waals surface area contributed by atoms with Crippen LogP contribution in [0.25, 0.3) is 0 Å². The van der Waals surface area contributed by atoms with Gasteiger partial charge in [0, 0.05) is 13.1 Å². The molecule has 110 valence electrons. The maximum Gasteiger partial charge on any atom is 0.121 e. The van der Waals surface area contributed by atoms with Gasteiger partial charge in [0.15, 0.2) is 0 Å². The van der Waals surface area contributed by atoms with E-state index in [-0.39, 0.29) is 6.04 Å². The maximum atomic E-state index is 4.78. The molecule has 3 heteroatoms. The number of piperidine rings is 1. The van der Waals surface area contributed by atoms with Gasteiger partial charge < -0.3 is 0 Å². The van der Waals surface area contributed by atoms with Gasteiger partial charge in [0.25, 0.3) is 0 Å². The number of amidine groups is 1. The Bertz CT molecular complexity index is 543. The summed E-state index contributed by atoms with van der Waals surface area (Å²) >= 11 is 0. The Morgan fingerprint density at radius 2 is 1.95 bits per heavy atom. The van der Waals surface area contributed by atoms with E-state index in [1.807, 2.05) is 11.1 Å². The van der Waals surface area contributed by atoms with Gasteiger partial charge in [-0.25, -0.2) is 5.01 Å². The fourth-order valence-electron chi connectivity index (χ4n) is 3.00. The summed E-state index contributed by atoms with van der Waals surface area (Å²) in [5, 5.41) is 6.26. The van der Waals surface area contributed by atoms with Crippen molar-refractivity contribution in [1.29, 1.82) is 0 Å². The van der Waals surface area contributed by atoms with Crippen molar-refractivity contribution in [2.45, 2.75) is 38.1 Å². The molecule has 1 saturated carbocycles. The third kappa shape index (κ3) is 3.23. The van der Waals surface area contributed by atoms with Crippen LogP contribution in [0.15, 0.2) is 52.6 Å². The van der Waals surface area contributed by atoms with Crippen molar-refractivity contribution in [1.82, 2.24) is 5.01 Å². The minimum atomic E-state index is 0.269. The maximum absolute atomic E-state index is 4.78. The molecule has 1 atom stereocenters. The summed E-state index contributed by atoms with van der Waals surface area (Å²) in [6.45, 7) is 8.66. The lowest BCUT2D eigenvalue weighted by Gasteiger charge is -2.34. The molecule has 3 rings (SSSR count). The second-order valence-electron chi connectivity index (χ2n) is 5.97. The first-order valence-corrected chi connectivity index (χ1v) is 7.81. The Hall–Kier alpha value is -1.90. The molecule has 2 aliphatic rings. The molecule has 1 aromatic carbocycles. The second kappa shape index (κ2) is 6.25. The van der Waals surface area contributed by atoms with Crippen molar-refractivity contribution in [3.05, 3.63) is 48.0 Å². The van der Waals surface area contributed by atoms with Crippen molar-refractivity contribution < 1.29 is 0 Å². The van der Waals surface area contributed by atoms with Crippen LogP contribution in [0.3, 0.4) is 0 Å². The SMILES string of the molecule is C=NN1/C(=N\CC(=C)C2CC2)CCCC1c1ccccc1. The highest BCUT2D eigenvalue weighted by Crippen LogP contribution is 2.36. The highest BCUT2D eigenvalue weighted by Gasteiger charge is 2.28. The first-order valence-electron chi connectivity index (χ1n) is 7.81. The van der Waals surface area contributed by atoms with Gasteiger partial charge in [0.05, 0.1) is 12.6 Å². The van der Waals surface area contributed by atoms with Crippen LogP contribution < -0.4 is 0 Å². The first-order chi connectivity index (χ1) is 10.3. The number of rotatable bonds is 5. The molecule has 1 aliphatic carbocycles. The number of hydrazone groups is 1. The van der Waals surface area contributed by atoms with Crippen LogP contribution >= 0.6 is 0 Å². The van der Waals surface area contributed by atoms with Gasteiger partial charge in [0.2, 0.25) is 0 Å². The number of hydrogen-bond acceptors (Lipinski definition) is 2. The van der Waals surface area contributed by atoms with E-state index in [0.717, 1.165) is 31.6 Å². The van der Waals surface area contributed by atoms with E-state index in [2.05, 4.69) is 42.7 Å². The van der Waals surface area contributed by atoms with Gasteiger partial charge in [-0.3, -0.25) is 4.99 Å². The quantitative estimate of drug-likeness (QED) is 0.587. The first kappa shape index (κ1) is 14.1. The Morgan fingerprint density at radius 1 is 1.19 bits per heavy atom. The summed E-state index contributed by atoms with van der Waals surface area (Å²) in [4.78, 5) is 4.78. The molecule has 3 nitrogen and oxygen atoms in total. The van der Waals surface area contributed by atoms with E-state index in [1.54, 1.807) is 0 Å². The molecule has 0 aromatic heterocycles. The highest BCUT2D eigenvalue weighted by atomic mass is 15.5. The van der Waals surface area contributed by atoms with Crippen LogP contribution in [0.2, 0.25) is 0 Å². The zero-order valence-corrected chi connectivity index (χ0v) is 12.5. The molecule has 0 bridgehead atoms. The van der Waals surface area contributed by atoms with Crippen LogP contribution in [0.1, 0.15) is 43.7 Å². The second-order valence-corrected chi connectivity index (χ2v) is 5.97. The van der Waals surface area contributed by atoms with E-state index in [1.165, 1.54) is 24.0 Å². The molecule has 21 heavy (non-hydrogen) atoms. The lowest BCUT2D eigenvalue weighted by Crippen LogP contribution is -2.34. The lowest BCUT2D eigenvalue weighted by atomic mass is 9.96. The Morgan fingerprint density at radius 3 is 2.62 bits per heavy atom. The molecular weight excluding hydrogens is 258 g/mol. The Balaban J connectivity index is 1.75. The molecule has 0 amide bonds. The smallest absolute Gasteiger partial charge is 0.121 e. The summed E-state index contributed by atoms with van der Waals surface area (Å²) in [5.74, 6) is 1.78. The lowest BCUT2D eigenvalue weighted by molar-refractivity contribution is 0.279. The average molecular weight is 281 g/mol. The fourth-order valence-corrected chi connectivity index (χ4v) is 3.00. The van der Waals surface area contributed by atoms with Crippen LogP contribution in [-0.2, 0) is 0 Å². The molecule has 1 heterocycles. The fraction of sp³-hybridized carbons (Fsp3) is 0.444. The van der Waals surface area contributed by atoms with Crippen LogP contribution in [0.5, 0.6) is 0 Å². The van der Waals surface area contributed by atoms with E-state index in [0.29, 0.717) is 5.92 Å². The minimum Gasteiger partial charge on any atom is -0.266 e. The summed E-state index contributed by atoms with van der Waals surface area (Å²) in [6, 6.07) is 10.8. The summed E-state index contributed by atoms with van der Waals surface area (Å²) in [7, 11) is 0. The van der Waals surface area contributed by atoms with E-state index >= 15 is 0 Å². The van der Waals surface area contributed by atoms with E-state index < -0.39 is 0 Å². The Kier molecular flexibility index (Phi) is 4.18. The van der Waals surface area contributed by atoms with Gasteiger partial charge in [-0.15, -0.1) is 0 Å². The van der Waals surface area contributed by atoms with Crippen LogP contribution in [-0.4, -0.2) is 24.1 Å². The molecule has 1 unspecified atom stereocenters. The minimum absolute atomic E-state index is 0.269. The van der Waals surface area contributed by atoms with E-state index in [4.69, 9.17) is 4.99 Å². The van der Waals surface area contributed by atoms with Crippen molar-refractivity contribution in [3.8, 4) is 0 Å². The van der Waals surface area contributed by atoms with Gasteiger partial charge in [-0.2, -0.15) is 5.10 Å². The molecule has 1 aromatic rings. The number of nitrogens with zero attached hydrogens (tertiary/aromatic N) is 3. The van der Waals surface area contributed by atoms with Crippen molar-refractivity contribution in [2.24, 2.45) is 16.0 Å². The highest BCUT2D eigenvalue weighted by molar-refractivity contribution is 5.83. The predicted octanol–water partition coefficient (Wildman–Crippen LogP) is 4.19. The average Bonchev–Trinajstić information content (AvgIpc) is 3.38. The standard InChI is InChI=1S/C18H23N3/c1-14(15-11-12-15)13-20-18-10-6-9-17(21(18)19-2)16-7-4-3-5-8-16/h3-5,7-8,15,17H,1-2,6,9-13H2/b20-18-. The largest absolute Gasteiger partial charge is 0.266 e. The number of benzene rings is 1. The van der Waals surface area contributed by atoms with Gasteiger partial charge in [-0.1, -0.05) is 42.5 Å². The summed E-state index contributed by atoms with van der Waals surface area (Å²) < 4.78 is 0. The molecule has 1 aliphatic heterocycles. The zero-order chi connectivity index (χ0) is 14.7. The number of hydrogen-bond donors (Lipinski definition) is 0. The third-order valence-corrected chi connectivity index (χ3v) is 4.39. The molecule has 1 saturated heterocycles. The predicted molar refractivity (Wildman–Crippen MR) is 88.6 cm³/mol. The summed E-state index contributed by atoms with van der Waals surface area (Å²) in [5.41, 5.74) is 2.56. The van der Waals surface area contributed by atoms with Gasteiger partial charge in [-0.05, 0) is 37.2 Å². The van der Waals surface area contributed by atoms with Gasteiger partial charge >= 0.3 is 0 Å². The molecule has 2 fully saturated rings. The summed E-state index contributed by atoms with van der Waals surface area (Å²) in [6.07, 6.45) is 5.83. The van der Waals surface area contributed by atoms with Crippen molar-refractivity contribution in [3.63, 3.8) is 0 Å². The van der Waals surface area contributed by atoms with E-state index in [9.17, 15) is 0 Å².